The van der Waals surface area contributed by atoms with Crippen molar-refractivity contribution in [2.45, 2.75) is 31.7 Å². The van der Waals surface area contributed by atoms with E-state index in [1.807, 2.05) is 52.9 Å². The molecule has 2 heterocycles. The van der Waals surface area contributed by atoms with Gasteiger partial charge in [0.2, 0.25) is 0 Å². The van der Waals surface area contributed by atoms with Crippen LogP contribution in [0, 0.1) is 23.1 Å². The van der Waals surface area contributed by atoms with Gasteiger partial charge in [-0.3, -0.25) is 4.68 Å². The van der Waals surface area contributed by atoms with Gasteiger partial charge in [0.1, 0.15) is 17.7 Å². The average molecular weight is 444 g/mol. The summed E-state index contributed by atoms with van der Waals surface area (Å²) in [6, 6.07) is 14.7. The molecule has 1 aliphatic carbocycles. The summed E-state index contributed by atoms with van der Waals surface area (Å²) in [6.07, 6.45) is 6.24. The Kier molecular flexibility index (Phi) is 5.56. The maximum Gasteiger partial charge on any atom is 0.149 e. The molecule has 0 radical (unpaired) electrons. The molecule has 7 nitrogen and oxygen atoms in total. The third-order valence-corrected chi connectivity index (χ3v) is 6.46. The van der Waals surface area contributed by atoms with Crippen molar-refractivity contribution in [2.75, 3.05) is 11.9 Å². The second-order valence-electron chi connectivity index (χ2n) is 8.82. The van der Waals surface area contributed by atoms with Gasteiger partial charge in [-0.25, -0.2) is 9.07 Å². The lowest BCUT2D eigenvalue weighted by atomic mass is 9.86. The number of nitrogens with one attached hydrogen (secondary N) is 1. The topological polar surface area (TPSA) is 97.5 Å². The Morgan fingerprint density at radius 3 is 2.88 bits per heavy atom. The highest BCUT2D eigenvalue weighted by molar-refractivity contribution is 5.81. The third kappa shape index (κ3) is 4.20. The van der Waals surface area contributed by atoms with Crippen molar-refractivity contribution in [2.24, 2.45) is 18.7 Å². The Hall–Kier alpha value is -3.70. The molecule has 3 N–H and O–H groups in total. The number of nitrogens with two attached hydrogens (primary N) is 1. The van der Waals surface area contributed by atoms with Gasteiger partial charge in [0, 0.05) is 36.7 Å². The molecule has 0 saturated heterocycles. The van der Waals surface area contributed by atoms with Crippen molar-refractivity contribution >= 4 is 16.7 Å². The molecule has 4 aromatic rings. The van der Waals surface area contributed by atoms with Crippen molar-refractivity contribution in [1.82, 2.24) is 19.6 Å². The van der Waals surface area contributed by atoms with E-state index in [1.165, 1.54) is 12.1 Å². The summed E-state index contributed by atoms with van der Waals surface area (Å²) in [4.78, 5) is 0. The zero-order chi connectivity index (χ0) is 22.9. The van der Waals surface area contributed by atoms with Gasteiger partial charge in [0.05, 0.1) is 28.7 Å². The molecule has 2 atom stereocenters. The molecule has 5 rings (SSSR count). The number of rotatable bonds is 5. The molecule has 0 aliphatic heterocycles. The van der Waals surface area contributed by atoms with Crippen molar-refractivity contribution in [3.63, 3.8) is 0 Å². The van der Waals surface area contributed by atoms with Crippen molar-refractivity contribution in [1.29, 1.82) is 5.26 Å². The first kappa shape index (κ1) is 21.2. The van der Waals surface area contributed by atoms with Crippen LogP contribution >= 0.6 is 0 Å². The normalized spacial score (nSPS) is 18.4. The second-order valence-corrected chi connectivity index (χ2v) is 8.82. The summed E-state index contributed by atoms with van der Waals surface area (Å²) in [5.41, 5.74) is 9.43. The molecule has 0 unspecified atom stereocenters. The van der Waals surface area contributed by atoms with Crippen LogP contribution < -0.4 is 11.1 Å². The Morgan fingerprint density at radius 1 is 1.21 bits per heavy atom. The monoisotopic (exact) mass is 443 g/mol. The van der Waals surface area contributed by atoms with E-state index in [0.29, 0.717) is 11.5 Å². The van der Waals surface area contributed by atoms with Crippen molar-refractivity contribution < 1.29 is 4.39 Å². The molecule has 8 heteroatoms. The zero-order valence-electron chi connectivity index (χ0n) is 18.5. The number of anilines is 1. The van der Waals surface area contributed by atoms with Gasteiger partial charge in [0.15, 0.2) is 0 Å². The van der Waals surface area contributed by atoms with Crippen molar-refractivity contribution in [3.05, 3.63) is 60.0 Å². The zero-order valence-corrected chi connectivity index (χ0v) is 18.5. The van der Waals surface area contributed by atoms with E-state index in [-0.39, 0.29) is 11.6 Å². The fourth-order valence-electron chi connectivity index (χ4n) is 4.68. The molecule has 0 bridgehead atoms. The van der Waals surface area contributed by atoms with E-state index in [4.69, 9.17) is 16.1 Å². The molecule has 1 saturated carbocycles. The molecule has 2 aromatic heterocycles. The Morgan fingerprint density at radius 2 is 2.09 bits per heavy atom. The lowest BCUT2D eigenvalue weighted by Gasteiger charge is -2.26. The average Bonchev–Trinajstić information content (AvgIpc) is 3.41. The molecule has 2 aromatic carbocycles. The number of benzene rings is 2. The van der Waals surface area contributed by atoms with Crippen LogP contribution in [-0.4, -0.2) is 32.1 Å². The second kappa shape index (κ2) is 8.68. The van der Waals surface area contributed by atoms with E-state index in [9.17, 15) is 4.39 Å². The van der Waals surface area contributed by atoms with Crippen LogP contribution in [0.15, 0.2) is 48.7 Å². The van der Waals surface area contributed by atoms with E-state index >= 15 is 0 Å². The van der Waals surface area contributed by atoms with Crippen LogP contribution in [0.1, 0.15) is 31.2 Å². The highest BCUT2D eigenvalue weighted by atomic mass is 19.1. The van der Waals surface area contributed by atoms with E-state index < -0.39 is 5.82 Å². The minimum absolute atomic E-state index is 0.0218. The number of nitrogens with zero attached hydrogens (tertiary/aromatic N) is 5. The lowest BCUT2D eigenvalue weighted by molar-refractivity contribution is 0.335. The van der Waals surface area contributed by atoms with Gasteiger partial charge in [-0.05, 0) is 55.5 Å². The number of fused-ring (bicyclic) bond motifs is 1. The van der Waals surface area contributed by atoms with E-state index in [1.54, 1.807) is 6.07 Å². The number of hydrogen-bond donors (Lipinski definition) is 2. The molecule has 33 heavy (non-hydrogen) atoms. The van der Waals surface area contributed by atoms with Gasteiger partial charge >= 0.3 is 0 Å². The lowest BCUT2D eigenvalue weighted by Crippen LogP contribution is -2.31. The Labute approximate surface area is 191 Å². The number of aromatic nitrogens is 4. The van der Waals surface area contributed by atoms with Gasteiger partial charge in [-0.15, -0.1) is 5.10 Å². The standard InChI is InChI=1S/C25H26FN7/c1-32-23-8-7-21(10-19(23)15-30-32)33-24(17-5-6-18(13-27)22(26)11-17)12-25(31-33)29-14-16-3-2-4-20(28)9-16/h5-8,10-12,15-16,20H,2-4,9,14,28H2,1H3,(H,29,31)/t16-,20+/m0/s1. The minimum atomic E-state index is -0.545. The Balaban J connectivity index is 1.52. The fraction of sp³-hybridized carbons (Fsp3) is 0.320. The summed E-state index contributed by atoms with van der Waals surface area (Å²) < 4.78 is 18.1. The number of hydrogen-bond acceptors (Lipinski definition) is 5. The van der Waals surface area contributed by atoms with Gasteiger partial charge in [-0.2, -0.15) is 10.4 Å². The molecule has 0 amide bonds. The molecular formula is C25H26FN7. The van der Waals surface area contributed by atoms with Crippen LogP contribution in [0.3, 0.4) is 0 Å². The first-order valence-electron chi connectivity index (χ1n) is 11.2. The number of nitriles is 1. The highest BCUT2D eigenvalue weighted by Crippen LogP contribution is 2.30. The fourth-order valence-corrected chi connectivity index (χ4v) is 4.68. The molecule has 168 valence electrons. The van der Waals surface area contributed by atoms with Crippen LogP contribution in [0.5, 0.6) is 0 Å². The minimum Gasteiger partial charge on any atom is -0.368 e. The summed E-state index contributed by atoms with van der Waals surface area (Å²) in [5.74, 6) is 0.692. The molecular weight excluding hydrogens is 417 g/mol. The van der Waals surface area contributed by atoms with Crippen molar-refractivity contribution in [3.8, 4) is 23.0 Å². The summed E-state index contributed by atoms with van der Waals surface area (Å²) in [5, 5.41) is 22.7. The quantitative estimate of drug-likeness (QED) is 0.477. The van der Waals surface area contributed by atoms with Crippen LogP contribution in [0.2, 0.25) is 0 Å². The molecule has 1 fully saturated rings. The van der Waals surface area contributed by atoms with E-state index in [0.717, 1.165) is 60.3 Å². The van der Waals surface area contributed by atoms with Gasteiger partial charge < -0.3 is 11.1 Å². The maximum atomic E-state index is 14.4. The predicted molar refractivity (Wildman–Crippen MR) is 126 cm³/mol. The smallest absolute Gasteiger partial charge is 0.149 e. The summed E-state index contributed by atoms with van der Waals surface area (Å²) in [7, 11) is 1.90. The largest absolute Gasteiger partial charge is 0.368 e. The Bertz CT molecular complexity index is 1350. The summed E-state index contributed by atoms with van der Waals surface area (Å²) in [6.45, 7) is 0.799. The predicted octanol–water partition coefficient (Wildman–Crippen LogP) is 4.37. The molecule has 0 spiro atoms. The van der Waals surface area contributed by atoms with Gasteiger partial charge in [-0.1, -0.05) is 12.5 Å². The molecule has 1 aliphatic rings. The highest BCUT2D eigenvalue weighted by Gasteiger charge is 2.20. The van der Waals surface area contributed by atoms with Gasteiger partial charge in [0.25, 0.3) is 0 Å². The van der Waals surface area contributed by atoms with Crippen LogP contribution in [0.4, 0.5) is 10.2 Å². The third-order valence-electron chi connectivity index (χ3n) is 6.46. The SMILES string of the molecule is Cn1ncc2cc(-n3nc(NC[C@H]4CCC[C@@H](N)C4)cc3-c3ccc(C#N)c(F)c3)ccc21. The first-order chi connectivity index (χ1) is 16.0. The van der Waals surface area contributed by atoms with Crippen LogP contribution in [-0.2, 0) is 7.05 Å². The first-order valence-corrected chi connectivity index (χ1v) is 11.2. The maximum absolute atomic E-state index is 14.4. The summed E-state index contributed by atoms with van der Waals surface area (Å²) >= 11 is 0. The number of halogens is 1. The number of aryl methyl sites for hydroxylation is 1. The van der Waals surface area contributed by atoms with Crippen LogP contribution in [0.25, 0.3) is 27.8 Å². The van der Waals surface area contributed by atoms with E-state index in [2.05, 4.69) is 10.4 Å².